The van der Waals surface area contributed by atoms with E-state index in [0.29, 0.717) is 6.04 Å². The lowest BCUT2D eigenvalue weighted by atomic mass is 10.0. The summed E-state index contributed by atoms with van der Waals surface area (Å²) in [6.45, 7) is 2.09. The van der Waals surface area contributed by atoms with Gasteiger partial charge >= 0.3 is 0 Å². The molecule has 2 aromatic heterocycles. The van der Waals surface area contributed by atoms with Crippen LogP contribution in [0.15, 0.2) is 12.5 Å². The second kappa shape index (κ2) is 4.77. The average Bonchev–Trinajstić information content (AvgIpc) is 2.81. The smallest absolute Gasteiger partial charge is 0.163 e. The van der Waals surface area contributed by atoms with Gasteiger partial charge in [0.2, 0.25) is 0 Å². The Hall–Kier alpha value is -1.69. The van der Waals surface area contributed by atoms with Crippen molar-refractivity contribution in [2.75, 3.05) is 32.1 Å². The summed E-state index contributed by atoms with van der Waals surface area (Å²) < 4.78 is 1.80. The van der Waals surface area contributed by atoms with Gasteiger partial charge in [-0.05, 0) is 26.9 Å². The first-order valence-electron chi connectivity index (χ1n) is 6.71. The molecule has 0 radical (unpaired) electrons. The highest BCUT2D eigenvalue weighted by Gasteiger charge is 2.23. The van der Waals surface area contributed by atoms with Crippen molar-refractivity contribution in [3.63, 3.8) is 0 Å². The van der Waals surface area contributed by atoms with Crippen molar-refractivity contribution >= 4 is 16.9 Å². The molecular formula is C13H20N6. The summed E-state index contributed by atoms with van der Waals surface area (Å²) in [4.78, 5) is 13.4. The third-order valence-corrected chi connectivity index (χ3v) is 4.00. The lowest BCUT2D eigenvalue weighted by Crippen LogP contribution is -2.42. The van der Waals surface area contributed by atoms with Gasteiger partial charge in [-0.1, -0.05) is 0 Å². The van der Waals surface area contributed by atoms with E-state index in [9.17, 15) is 0 Å². The van der Waals surface area contributed by atoms with Crippen molar-refractivity contribution in [1.82, 2.24) is 24.6 Å². The summed E-state index contributed by atoms with van der Waals surface area (Å²) in [7, 11) is 6.23. The van der Waals surface area contributed by atoms with E-state index in [1.165, 1.54) is 12.8 Å². The van der Waals surface area contributed by atoms with Crippen LogP contribution in [0.25, 0.3) is 11.0 Å². The molecule has 19 heavy (non-hydrogen) atoms. The number of fused-ring (bicyclic) bond motifs is 1. The van der Waals surface area contributed by atoms with E-state index in [0.717, 1.165) is 29.9 Å². The van der Waals surface area contributed by atoms with Gasteiger partial charge in [0.25, 0.3) is 0 Å². The first-order valence-corrected chi connectivity index (χ1v) is 6.71. The van der Waals surface area contributed by atoms with Crippen LogP contribution in [0, 0.1) is 0 Å². The summed E-state index contributed by atoms with van der Waals surface area (Å²) in [5.41, 5.74) is 0.903. The monoisotopic (exact) mass is 260 g/mol. The maximum Gasteiger partial charge on any atom is 0.163 e. The molecule has 0 aliphatic carbocycles. The minimum atomic E-state index is 0.683. The summed E-state index contributed by atoms with van der Waals surface area (Å²) in [6, 6.07) is 0.683. The number of hydrogen-bond donors (Lipinski definition) is 0. The number of piperidine rings is 1. The fraction of sp³-hybridized carbons (Fsp3) is 0.615. The van der Waals surface area contributed by atoms with Crippen LogP contribution in [0.2, 0.25) is 0 Å². The summed E-state index contributed by atoms with van der Waals surface area (Å²) >= 11 is 0. The van der Waals surface area contributed by atoms with Gasteiger partial charge in [-0.25, -0.2) is 9.97 Å². The zero-order chi connectivity index (χ0) is 13.4. The molecule has 2 aromatic rings. The van der Waals surface area contributed by atoms with Gasteiger partial charge < -0.3 is 9.80 Å². The van der Waals surface area contributed by atoms with Crippen LogP contribution in [-0.4, -0.2) is 57.9 Å². The predicted octanol–water partition coefficient (Wildman–Crippen LogP) is 0.894. The molecule has 6 nitrogen and oxygen atoms in total. The number of aromatic nitrogens is 4. The van der Waals surface area contributed by atoms with Crippen LogP contribution in [0.4, 0.5) is 5.82 Å². The van der Waals surface area contributed by atoms with E-state index in [-0.39, 0.29) is 0 Å². The highest BCUT2D eigenvalue weighted by molar-refractivity contribution is 5.86. The van der Waals surface area contributed by atoms with Crippen molar-refractivity contribution in [3.8, 4) is 0 Å². The zero-order valence-corrected chi connectivity index (χ0v) is 11.7. The van der Waals surface area contributed by atoms with Crippen LogP contribution in [0.3, 0.4) is 0 Å². The van der Waals surface area contributed by atoms with Crippen LogP contribution in [-0.2, 0) is 7.05 Å². The van der Waals surface area contributed by atoms with E-state index in [4.69, 9.17) is 0 Å². The molecular weight excluding hydrogens is 240 g/mol. The first kappa shape index (κ1) is 12.3. The van der Waals surface area contributed by atoms with Crippen molar-refractivity contribution < 1.29 is 0 Å². The molecule has 0 spiro atoms. The second-order valence-electron chi connectivity index (χ2n) is 5.38. The molecule has 0 saturated carbocycles. The van der Waals surface area contributed by atoms with Crippen molar-refractivity contribution in [3.05, 3.63) is 12.5 Å². The molecule has 1 aliphatic rings. The Morgan fingerprint density at radius 2 is 1.95 bits per heavy atom. The molecule has 6 heteroatoms. The quantitative estimate of drug-likeness (QED) is 0.803. The minimum Gasteiger partial charge on any atom is -0.356 e. The Kier molecular flexibility index (Phi) is 3.10. The fourth-order valence-electron chi connectivity index (χ4n) is 2.80. The van der Waals surface area contributed by atoms with E-state index < -0.39 is 0 Å². The van der Waals surface area contributed by atoms with E-state index in [1.807, 2.05) is 13.2 Å². The number of nitrogens with zero attached hydrogens (tertiary/aromatic N) is 6. The Morgan fingerprint density at radius 3 is 2.63 bits per heavy atom. The largest absolute Gasteiger partial charge is 0.356 e. The third-order valence-electron chi connectivity index (χ3n) is 4.00. The van der Waals surface area contributed by atoms with Gasteiger partial charge in [0.1, 0.15) is 12.1 Å². The third kappa shape index (κ3) is 2.16. The maximum absolute atomic E-state index is 4.46. The molecule has 1 fully saturated rings. The topological polar surface area (TPSA) is 50.1 Å². The van der Waals surface area contributed by atoms with Gasteiger partial charge in [0.05, 0.1) is 11.6 Å². The number of aryl methyl sites for hydroxylation is 1. The maximum atomic E-state index is 4.46. The molecule has 0 aromatic carbocycles. The molecule has 1 saturated heterocycles. The number of rotatable bonds is 2. The molecule has 3 rings (SSSR count). The zero-order valence-electron chi connectivity index (χ0n) is 11.7. The fourth-order valence-corrected chi connectivity index (χ4v) is 2.80. The van der Waals surface area contributed by atoms with Gasteiger partial charge in [0, 0.05) is 26.2 Å². The SMILES string of the molecule is CN(C)C1CCN(c2ncnc3c2cnn3C)CC1. The van der Waals surface area contributed by atoms with Crippen molar-refractivity contribution in [1.29, 1.82) is 0 Å². The highest BCUT2D eigenvalue weighted by Crippen LogP contribution is 2.25. The van der Waals surface area contributed by atoms with E-state index >= 15 is 0 Å². The van der Waals surface area contributed by atoms with Crippen LogP contribution < -0.4 is 4.90 Å². The first-order chi connectivity index (χ1) is 9.16. The summed E-state index contributed by atoms with van der Waals surface area (Å²) in [5.74, 6) is 1.02. The Labute approximate surface area is 113 Å². The number of hydrogen-bond acceptors (Lipinski definition) is 5. The minimum absolute atomic E-state index is 0.683. The Morgan fingerprint density at radius 1 is 1.21 bits per heavy atom. The molecule has 0 bridgehead atoms. The van der Waals surface area contributed by atoms with Crippen molar-refractivity contribution in [2.45, 2.75) is 18.9 Å². The molecule has 102 valence electrons. The highest BCUT2D eigenvalue weighted by atomic mass is 15.3. The Balaban J connectivity index is 1.86. The molecule has 1 aliphatic heterocycles. The van der Waals surface area contributed by atoms with Crippen LogP contribution in [0.5, 0.6) is 0 Å². The summed E-state index contributed by atoms with van der Waals surface area (Å²) in [5, 5.41) is 5.32. The lowest BCUT2D eigenvalue weighted by molar-refractivity contribution is 0.249. The van der Waals surface area contributed by atoms with Gasteiger partial charge in [-0.2, -0.15) is 5.10 Å². The van der Waals surface area contributed by atoms with Gasteiger partial charge in [-0.3, -0.25) is 4.68 Å². The van der Waals surface area contributed by atoms with Crippen molar-refractivity contribution in [2.24, 2.45) is 7.05 Å². The second-order valence-corrected chi connectivity index (χ2v) is 5.38. The van der Waals surface area contributed by atoms with E-state index in [1.54, 1.807) is 11.0 Å². The molecule has 0 atom stereocenters. The standard InChI is InChI=1S/C13H20N6/c1-17(2)10-4-6-19(7-5-10)13-11-8-16-18(3)12(11)14-9-15-13/h8-10H,4-7H2,1-3H3. The van der Waals surface area contributed by atoms with Crippen LogP contribution in [0.1, 0.15) is 12.8 Å². The normalized spacial score (nSPS) is 17.6. The van der Waals surface area contributed by atoms with Crippen LogP contribution >= 0.6 is 0 Å². The average molecular weight is 260 g/mol. The lowest BCUT2D eigenvalue weighted by Gasteiger charge is -2.35. The van der Waals surface area contributed by atoms with E-state index in [2.05, 4.69) is 39.0 Å². The van der Waals surface area contributed by atoms with Gasteiger partial charge in [0.15, 0.2) is 5.65 Å². The number of anilines is 1. The molecule has 0 N–H and O–H groups in total. The Bertz CT molecular complexity index is 568. The predicted molar refractivity (Wildman–Crippen MR) is 75.2 cm³/mol. The summed E-state index contributed by atoms with van der Waals surface area (Å²) in [6.07, 6.45) is 5.86. The molecule has 0 amide bonds. The molecule has 3 heterocycles. The molecule has 0 unspecified atom stereocenters. The van der Waals surface area contributed by atoms with Gasteiger partial charge in [-0.15, -0.1) is 0 Å².